The van der Waals surface area contributed by atoms with Crippen molar-refractivity contribution < 1.29 is 9.59 Å². The first kappa shape index (κ1) is 16.2. The number of carbonyl (C=O) groups is 2. The summed E-state index contributed by atoms with van der Waals surface area (Å²) in [7, 11) is 0. The van der Waals surface area contributed by atoms with Crippen molar-refractivity contribution in [3.63, 3.8) is 0 Å². The minimum atomic E-state index is -0.460. The van der Waals surface area contributed by atoms with Gasteiger partial charge in [-0.3, -0.25) is 10.1 Å². The molecule has 0 saturated heterocycles. The fourth-order valence-corrected chi connectivity index (χ4v) is 1.96. The molecule has 110 valence electrons. The summed E-state index contributed by atoms with van der Waals surface area (Å²) in [5, 5.41) is 7.90. The summed E-state index contributed by atoms with van der Waals surface area (Å²) in [5.41, 5.74) is 3.53. The predicted molar refractivity (Wildman–Crippen MR) is 79.5 cm³/mol. The molecule has 1 rings (SSSR count). The molecule has 0 aliphatic rings. The zero-order chi connectivity index (χ0) is 15.1. The zero-order valence-electron chi connectivity index (χ0n) is 12.5. The Bertz CT molecular complexity index is 486. The maximum absolute atomic E-state index is 11.6. The SMILES string of the molecule is CCNC(=O)NC(=O)CN[C@@H](C)c1cc(C)ccc1C. The van der Waals surface area contributed by atoms with Crippen LogP contribution in [-0.2, 0) is 4.79 Å². The van der Waals surface area contributed by atoms with Crippen molar-refractivity contribution in [2.75, 3.05) is 13.1 Å². The van der Waals surface area contributed by atoms with Crippen LogP contribution in [0.3, 0.4) is 0 Å². The number of carbonyl (C=O) groups excluding carboxylic acids is 2. The number of urea groups is 1. The second-order valence-electron chi connectivity index (χ2n) is 4.87. The van der Waals surface area contributed by atoms with Gasteiger partial charge in [0.15, 0.2) is 0 Å². The maximum Gasteiger partial charge on any atom is 0.321 e. The van der Waals surface area contributed by atoms with E-state index in [2.05, 4.69) is 34.1 Å². The van der Waals surface area contributed by atoms with Crippen LogP contribution in [0.4, 0.5) is 4.79 Å². The summed E-state index contributed by atoms with van der Waals surface area (Å²) < 4.78 is 0. The molecule has 0 heterocycles. The van der Waals surface area contributed by atoms with Gasteiger partial charge in [-0.05, 0) is 38.8 Å². The Morgan fingerprint density at radius 3 is 2.60 bits per heavy atom. The van der Waals surface area contributed by atoms with E-state index in [-0.39, 0.29) is 18.5 Å². The molecule has 20 heavy (non-hydrogen) atoms. The highest BCUT2D eigenvalue weighted by Gasteiger charge is 2.11. The summed E-state index contributed by atoms with van der Waals surface area (Å²) in [6, 6.07) is 5.83. The molecule has 1 aromatic rings. The normalized spacial score (nSPS) is 11.8. The molecule has 0 radical (unpaired) electrons. The number of aryl methyl sites for hydroxylation is 2. The van der Waals surface area contributed by atoms with Gasteiger partial charge < -0.3 is 10.6 Å². The van der Waals surface area contributed by atoms with Crippen LogP contribution in [0, 0.1) is 13.8 Å². The Morgan fingerprint density at radius 1 is 1.25 bits per heavy atom. The molecule has 5 heteroatoms. The van der Waals surface area contributed by atoms with Gasteiger partial charge >= 0.3 is 6.03 Å². The van der Waals surface area contributed by atoms with E-state index in [9.17, 15) is 9.59 Å². The molecule has 0 spiro atoms. The van der Waals surface area contributed by atoms with Crippen molar-refractivity contribution in [2.24, 2.45) is 0 Å². The van der Waals surface area contributed by atoms with Crippen LogP contribution in [0.25, 0.3) is 0 Å². The Balaban J connectivity index is 2.50. The highest BCUT2D eigenvalue weighted by atomic mass is 16.2. The van der Waals surface area contributed by atoms with Gasteiger partial charge in [-0.1, -0.05) is 23.8 Å². The number of amides is 3. The molecular weight excluding hydrogens is 254 g/mol. The highest BCUT2D eigenvalue weighted by Crippen LogP contribution is 2.18. The number of hydrogen-bond acceptors (Lipinski definition) is 3. The molecule has 0 aromatic heterocycles. The van der Waals surface area contributed by atoms with E-state index in [1.54, 1.807) is 6.92 Å². The third kappa shape index (κ3) is 5.01. The summed E-state index contributed by atoms with van der Waals surface area (Å²) in [6.45, 7) is 8.47. The first-order valence-electron chi connectivity index (χ1n) is 6.82. The van der Waals surface area contributed by atoms with E-state index < -0.39 is 6.03 Å². The first-order valence-corrected chi connectivity index (χ1v) is 6.82. The highest BCUT2D eigenvalue weighted by molar-refractivity contribution is 5.95. The van der Waals surface area contributed by atoms with Crippen LogP contribution >= 0.6 is 0 Å². The first-order chi connectivity index (χ1) is 9.43. The summed E-state index contributed by atoms with van der Waals surface area (Å²) in [4.78, 5) is 22.8. The second-order valence-corrected chi connectivity index (χ2v) is 4.87. The van der Waals surface area contributed by atoms with Crippen LogP contribution in [0.2, 0.25) is 0 Å². The van der Waals surface area contributed by atoms with Gasteiger partial charge in [0, 0.05) is 12.6 Å². The molecule has 0 bridgehead atoms. The van der Waals surface area contributed by atoms with Crippen molar-refractivity contribution in [3.05, 3.63) is 34.9 Å². The quantitative estimate of drug-likeness (QED) is 0.768. The van der Waals surface area contributed by atoms with E-state index in [4.69, 9.17) is 0 Å². The van der Waals surface area contributed by atoms with Gasteiger partial charge in [0.25, 0.3) is 0 Å². The van der Waals surface area contributed by atoms with Crippen LogP contribution in [0.1, 0.15) is 36.6 Å². The number of hydrogen-bond donors (Lipinski definition) is 3. The second kappa shape index (κ2) is 7.65. The minimum Gasteiger partial charge on any atom is -0.338 e. The number of benzene rings is 1. The lowest BCUT2D eigenvalue weighted by Crippen LogP contribution is -2.43. The minimum absolute atomic E-state index is 0.0508. The molecule has 1 atom stereocenters. The number of nitrogens with one attached hydrogen (secondary N) is 3. The van der Waals surface area contributed by atoms with Crippen LogP contribution in [0.5, 0.6) is 0 Å². The molecule has 5 nitrogen and oxygen atoms in total. The fourth-order valence-electron chi connectivity index (χ4n) is 1.96. The largest absolute Gasteiger partial charge is 0.338 e. The summed E-state index contributed by atoms with van der Waals surface area (Å²) >= 11 is 0. The lowest BCUT2D eigenvalue weighted by atomic mass is 10.00. The van der Waals surface area contributed by atoms with Crippen LogP contribution in [0.15, 0.2) is 18.2 Å². The third-order valence-corrected chi connectivity index (χ3v) is 3.06. The van der Waals surface area contributed by atoms with Gasteiger partial charge in [-0.15, -0.1) is 0 Å². The Morgan fingerprint density at radius 2 is 1.95 bits per heavy atom. The summed E-state index contributed by atoms with van der Waals surface area (Å²) in [6.07, 6.45) is 0. The Hall–Kier alpha value is -1.88. The molecule has 0 saturated carbocycles. The standard InChI is InChI=1S/C15H23N3O2/c1-5-16-15(20)18-14(19)9-17-12(4)13-8-10(2)6-7-11(13)3/h6-8,12,17H,5,9H2,1-4H3,(H2,16,18,19,20)/t12-/m0/s1. The monoisotopic (exact) mass is 277 g/mol. The van der Waals surface area contributed by atoms with E-state index in [0.29, 0.717) is 6.54 Å². The zero-order valence-corrected chi connectivity index (χ0v) is 12.5. The molecule has 0 fully saturated rings. The Kier molecular flexibility index (Phi) is 6.18. The fraction of sp³-hybridized carbons (Fsp3) is 0.467. The smallest absolute Gasteiger partial charge is 0.321 e. The molecule has 1 aromatic carbocycles. The van der Waals surface area contributed by atoms with E-state index in [0.717, 1.165) is 5.56 Å². The van der Waals surface area contributed by atoms with Crippen molar-refractivity contribution in [3.8, 4) is 0 Å². The van der Waals surface area contributed by atoms with Crippen molar-refractivity contribution >= 4 is 11.9 Å². The van der Waals surface area contributed by atoms with Crippen molar-refractivity contribution in [1.29, 1.82) is 0 Å². The van der Waals surface area contributed by atoms with E-state index in [1.807, 2.05) is 20.8 Å². The van der Waals surface area contributed by atoms with E-state index in [1.165, 1.54) is 11.1 Å². The van der Waals surface area contributed by atoms with Crippen LogP contribution in [-0.4, -0.2) is 25.0 Å². The Labute approximate surface area is 120 Å². The third-order valence-electron chi connectivity index (χ3n) is 3.06. The maximum atomic E-state index is 11.6. The van der Waals surface area contributed by atoms with Crippen LogP contribution < -0.4 is 16.0 Å². The predicted octanol–water partition coefficient (Wildman–Crippen LogP) is 1.80. The van der Waals surface area contributed by atoms with Crippen molar-refractivity contribution in [1.82, 2.24) is 16.0 Å². The molecule has 0 aliphatic carbocycles. The molecule has 0 aliphatic heterocycles. The summed E-state index contributed by atoms with van der Waals surface area (Å²) in [5.74, 6) is -0.340. The lowest BCUT2D eigenvalue weighted by molar-refractivity contribution is -0.119. The van der Waals surface area contributed by atoms with Gasteiger partial charge in [0.1, 0.15) is 0 Å². The lowest BCUT2D eigenvalue weighted by Gasteiger charge is -2.17. The number of imide groups is 1. The van der Waals surface area contributed by atoms with Crippen molar-refractivity contribution in [2.45, 2.75) is 33.7 Å². The molecule has 3 amide bonds. The molecule has 0 unspecified atom stereocenters. The average molecular weight is 277 g/mol. The number of rotatable bonds is 5. The van der Waals surface area contributed by atoms with Gasteiger partial charge in [-0.2, -0.15) is 0 Å². The molecular formula is C15H23N3O2. The van der Waals surface area contributed by atoms with Gasteiger partial charge in [0.05, 0.1) is 6.54 Å². The molecule has 3 N–H and O–H groups in total. The van der Waals surface area contributed by atoms with Gasteiger partial charge in [-0.25, -0.2) is 4.79 Å². The van der Waals surface area contributed by atoms with E-state index >= 15 is 0 Å². The average Bonchev–Trinajstić information content (AvgIpc) is 2.39. The van der Waals surface area contributed by atoms with Gasteiger partial charge in [0.2, 0.25) is 5.91 Å². The topological polar surface area (TPSA) is 70.2 Å².